The number of hydrogen-bond donors (Lipinski definition) is 1. The van der Waals surface area contributed by atoms with Crippen LogP contribution < -0.4 is 10.1 Å². The minimum atomic E-state index is -1.82. The summed E-state index contributed by atoms with van der Waals surface area (Å²) in [5.41, 5.74) is -0.799. The lowest BCUT2D eigenvalue weighted by atomic mass is 10.1. The van der Waals surface area contributed by atoms with Gasteiger partial charge in [-0.2, -0.15) is 0 Å². The zero-order valence-electron chi connectivity index (χ0n) is 19.1. The summed E-state index contributed by atoms with van der Waals surface area (Å²) in [4.78, 5) is 49.0. The SMILES string of the molecule is CC(=O)NC1C(=O)N(C(Cl)C(=O)OCc2ccccc2)C1SC(=O)OCC(Cl)(Cl)Cl.c1cc2cc(c1)O2. The number of fused-ring (bicyclic) bond motifs is 2. The topological polar surface area (TPSA) is 111 Å². The van der Waals surface area contributed by atoms with Crippen molar-refractivity contribution in [2.24, 2.45) is 0 Å². The van der Waals surface area contributed by atoms with E-state index in [1.54, 1.807) is 30.3 Å². The molecule has 0 saturated carbocycles. The number of nitrogens with zero attached hydrogens (tertiary/aromatic N) is 1. The molecule has 2 bridgehead atoms. The normalized spacial score (nSPS) is 18.1. The van der Waals surface area contributed by atoms with Crippen molar-refractivity contribution < 1.29 is 33.4 Å². The minimum Gasteiger partial charge on any atom is -0.458 e. The van der Waals surface area contributed by atoms with E-state index in [0.717, 1.165) is 22.0 Å². The Morgan fingerprint density at radius 2 is 1.70 bits per heavy atom. The summed E-state index contributed by atoms with van der Waals surface area (Å²) in [6.07, 6.45) is 0. The Bertz CT molecular complexity index is 1120. The van der Waals surface area contributed by atoms with Crippen LogP contribution in [0.15, 0.2) is 54.6 Å². The molecule has 3 unspecified atom stereocenters. The molecule has 2 aromatic rings. The van der Waals surface area contributed by atoms with Gasteiger partial charge in [-0.05, 0) is 29.5 Å². The molecule has 3 aliphatic heterocycles. The van der Waals surface area contributed by atoms with E-state index in [2.05, 4.69) is 5.32 Å². The summed E-state index contributed by atoms with van der Waals surface area (Å²) < 4.78 is 13.1. The highest BCUT2D eigenvalue weighted by Crippen LogP contribution is 2.36. The Morgan fingerprint density at radius 1 is 1.08 bits per heavy atom. The van der Waals surface area contributed by atoms with Crippen LogP contribution in [0.25, 0.3) is 0 Å². The number of halogens is 4. The number of benzene rings is 2. The predicted octanol–water partition coefficient (Wildman–Crippen LogP) is 5.00. The standard InChI is InChI=1S/C17H16Cl4N2O6S.C6H4O/c1-9(24)22-11-13(25)23(14(11)30-16(27)29-8-17(19,20)21)12(18)15(26)28-7-10-5-3-2-4-6-10;1-2-5-4-6(3-1)7-5/h2-6,11-12,14H,7-8H2,1H3,(H,22,24);1-4H. The van der Waals surface area contributed by atoms with Crippen LogP contribution in [0.3, 0.4) is 0 Å². The first kappa shape index (κ1) is 29.2. The average Bonchev–Trinajstić information content (AvgIpc) is 2.85. The monoisotopic (exact) mass is 608 g/mol. The minimum absolute atomic E-state index is 0.0524. The van der Waals surface area contributed by atoms with Gasteiger partial charge in [0.05, 0.1) is 0 Å². The highest BCUT2D eigenvalue weighted by atomic mass is 35.6. The van der Waals surface area contributed by atoms with Crippen LogP contribution >= 0.6 is 58.2 Å². The molecular weight excluding hydrogens is 590 g/mol. The highest BCUT2D eigenvalue weighted by molar-refractivity contribution is 8.13. The van der Waals surface area contributed by atoms with Crippen molar-refractivity contribution in [3.63, 3.8) is 0 Å². The number of β-lactam (4-membered cyclic amide) rings is 1. The molecule has 0 aromatic heterocycles. The molecule has 1 saturated heterocycles. The molecule has 0 radical (unpaired) electrons. The first-order chi connectivity index (χ1) is 17.4. The molecule has 3 atom stereocenters. The van der Waals surface area contributed by atoms with Crippen molar-refractivity contribution in [3.8, 4) is 11.5 Å². The number of hydrogen-bond acceptors (Lipinski definition) is 8. The number of carbonyl (C=O) groups is 4. The summed E-state index contributed by atoms with van der Waals surface area (Å²) in [7, 11) is 0. The van der Waals surface area contributed by atoms with Crippen LogP contribution in [0.1, 0.15) is 12.5 Å². The van der Waals surface area contributed by atoms with Gasteiger partial charge in [0.25, 0.3) is 5.91 Å². The number of ether oxygens (including phenoxy) is 3. The molecule has 3 heterocycles. The molecule has 14 heteroatoms. The molecular formula is C23H20Cl4N2O7S. The number of thioether (sulfide) groups is 1. The van der Waals surface area contributed by atoms with E-state index >= 15 is 0 Å². The third kappa shape index (κ3) is 8.58. The molecule has 5 rings (SSSR count). The fourth-order valence-electron chi connectivity index (χ4n) is 3.07. The number of carbonyl (C=O) groups excluding carboxylic acids is 4. The summed E-state index contributed by atoms with van der Waals surface area (Å²) in [6.45, 7) is 0.618. The fraction of sp³-hybridized carbons (Fsp3) is 0.304. The summed E-state index contributed by atoms with van der Waals surface area (Å²) in [5, 5.41) is 0.485. The van der Waals surface area contributed by atoms with Gasteiger partial charge in [0.1, 0.15) is 36.1 Å². The molecule has 37 heavy (non-hydrogen) atoms. The number of likely N-dealkylation sites (tertiary alicyclic amines) is 1. The maximum absolute atomic E-state index is 12.4. The van der Waals surface area contributed by atoms with Crippen LogP contribution in [0.2, 0.25) is 0 Å². The third-order valence-electron chi connectivity index (χ3n) is 4.71. The molecule has 3 aliphatic rings. The Morgan fingerprint density at radius 3 is 2.19 bits per heavy atom. The molecule has 1 fully saturated rings. The van der Waals surface area contributed by atoms with Gasteiger partial charge in [0.15, 0.2) is 0 Å². The summed E-state index contributed by atoms with van der Waals surface area (Å²) in [5.74, 6) is -0.0926. The van der Waals surface area contributed by atoms with Crippen molar-refractivity contribution >= 4 is 81.3 Å². The van der Waals surface area contributed by atoms with Crippen LogP contribution in [-0.2, 0) is 30.5 Å². The lowest BCUT2D eigenvalue weighted by Crippen LogP contribution is -2.72. The van der Waals surface area contributed by atoms with Gasteiger partial charge in [0, 0.05) is 13.0 Å². The number of rotatable bonds is 7. The van der Waals surface area contributed by atoms with E-state index in [1.165, 1.54) is 6.92 Å². The van der Waals surface area contributed by atoms with Gasteiger partial charge in [-0.3, -0.25) is 14.5 Å². The number of alkyl halides is 4. The van der Waals surface area contributed by atoms with E-state index in [-0.39, 0.29) is 6.61 Å². The van der Waals surface area contributed by atoms with E-state index < -0.39 is 50.4 Å². The van der Waals surface area contributed by atoms with Gasteiger partial charge in [-0.1, -0.05) is 82.8 Å². The molecule has 2 aromatic carbocycles. The van der Waals surface area contributed by atoms with Crippen LogP contribution in [0, 0.1) is 0 Å². The van der Waals surface area contributed by atoms with Gasteiger partial charge in [0.2, 0.25) is 15.2 Å². The van der Waals surface area contributed by atoms with E-state index in [0.29, 0.717) is 11.8 Å². The summed E-state index contributed by atoms with van der Waals surface area (Å²) in [6, 6.07) is 15.6. The van der Waals surface area contributed by atoms with Crippen molar-refractivity contribution in [2.75, 3.05) is 6.61 Å². The largest absolute Gasteiger partial charge is 0.458 e. The van der Waals surface area contributed by atoms with Crippen molar-refractivity contribution in [3.05, 3.63) is 60.2 Å². The van der Waals surface area contributed by atoms with Crippen LogP contribution in [-0.4, -0.2) is 55.3 Å². The van der Waals surface area contributed by atoms with Crippen molar-refractivity contribution in [2.45, 2.75) is 34.2 Å². The number of nitrogens with one attached hydrogen (secondary N) is 1. The number of esters is 1. The molecule has 9 nitrogen and oxygen atoms in total. The van der Waals surface area contributed by atoms with Crippen molar-refractivity contribution in [1.29, 1.82) is 0 Å². The first-order valence-electron chi connectivity index (χ1n) is 10.6. The predicted molar refractivity (Wildman–Crippen MR) is 140 cm³/mol. The zero-order valence-corrected chi connectivity index (χ0v) is 22.9. The van der Waals surface area contributed by atoms with Gasteiger partial charge in [-0.15, -0.1) is 0 Å². The second kappa shape index (κ2) is 12.9. The first-order valence-corrected chi connectivity index (χ1v) is 13.0. The molecule has 198 valence electrons. The highest BCUT2D eigenvalue weighted by Gasteiger charge is 2.54. The number of amides is 2. The maximum Gasteiger partial charge on any atom is 0.369 e. The molecule has 0 spiro atoms. The van der Waals surface area contributed by atoms with Gasteiger partial charge < -0.3 is 19.5 Å². The molecule has 2 amide bonds. The third-order valence-corrected chi connectivity index (χ3v) is 6.48. The summed E-state index contributed by atoms with van der Waals surface area (Å²) >= 11 is 23.2. The van der Waals surface area contributed by atoms with Gasteiger partial charge in [-0.25, -0.2) is 9.59 Å². The zero-order chi connectivity index (χ0) is 27.2. The van der Waals surface area contributed by atoms with Crippen LogP contribution in [0.5, 0.6) is 11.5 Å². The average molecular weight is 610 g/mol. The van der Waals surface area contributed by atoms with E-state index in [4.69, 9.17) is 60.6 Å². The molecule has 1 N–H and O–H groups in total. The second-order valence-corrected chi connectivity index (χ2v) is 11.6. The Balaban J connectivity index is 0.000000458. The van der Waals surface area contributed by atoms with Crippen LogP contribution in [0.4, 0.5) is 4.79 Å². The second-order valence-electron chi connectivity index (χ2n) is 7.59. The van der Waals surface area contributed by atoms with Gasteiger partial charge >= 0.3 is 11.3 Å². The fourth-order valence-corrected chi connectivity index (χ4v) is 4.56. The van der Waals surface area contributed by atoms with E-state index in [9.17, 15) is 19.2 Å². The maximum atomic E-state index is 12.4. The lowest BCUT2D eigenvalue weighted by molar-refractivity contribution is -0.161. The smallest absolute Gasteiger partial charge is 0.369 e. The van der Waals surface area contributed by atoms with E-state index in [1.807, 2.05) is 24.3 Å². The Hall–Kier alpha value is -2.37. The quantitative estimate of drug-likeness (QED) is 0.172. The lowest BCUT2D eigenvalue weighted by Gasteiger charge is -2.47. The van der Waals surface area contributed by atoms with Crippen molar-refractivity contribution in [1.82, 2.24) is 10.2 Å². The Labute approximate surface area is 236 Å². The molecule has 0 aliphatic carbocycles. The Kier molecular flexibility index (Phi) is 10.2.